The number of thioether (sulfide) groups is 1. The SMILES string of the molecule is COC(CCSc1cccc(C)c1)OC. The van der Waals surface area contributed by atoms with Crippen LogP contribution in [0, 0.1) is 6.92 Å². The molecule has 15 heavy (non-hydrogen) atoms. The van der Waals surface area contributed by atoms with Crippen molar-refractivity contribution in [3.8, 4) is 0 Å². The van der Waals surface area contributed by atoms with Gasteiger partial charge in [-0.25, -0.2) is 0 Å². The average molecular weight is 226 g/mol. The van der Waals surface area contributed by atoms with E-state index in [4.69, 9.17) is 9.47 Å². The molecule has 0 heterocycles. The van der Waals surface area contributed by atoms with Crippen molar-refractivity contribution >= 4 is 11.8 Å². The summed E-state index contributed by atoms with van der Waals surface area (Å²) in [6, 6.07) is 8.52. The van der Waals surface area contributed by atoms with Crippen LogP contribution in [-0.2, 0) is 9.47 Å². The number of aryl methyl sites for hydroxylation is 1. The average Bonchev–Trinajstić information content (AvgIpc) is 2.25. The van der Waals surface area contributed by atoms with E-state index in [0.29, 0.717) is 0 Å². The largest absolute Gasteiger partial charge is 0.356 e. The Morgan fingerprint density at radius 2 is 2.00 bits per heavy atom. The first kappa shape index (κ1) is 12.6. The highest BCUT2D eigenvalue weighted by Crippen LogP contribution is 2.20. The molecule has 0 spiro atoms. The summed E-state index contributed by atoms with van der Waals surface area (Å²) in [6.07, 6.45) is 0.827. The van der Waals surface area contributed by atoms with E-state index in [9.17, 15) is 0 Å². The normalized spacial score (nSPS) is 10.9. The fraction of sp³-hybridized carbons (Fsp3) is 0.500. The molecule has 0 fully saturated rings. The molecule has 1 rings (SSSR count). The molecule has 1 aromatic rings. The molecule has 1 aromatic carbocycles. The van der Waals surface area contributed by atoms with Crippen LogP contribution in [-0.4, -0.2) is 26.3 Å². The van der Waals surface area contributed by atoms with E-state index in [1.165, 1.54) is 10.5 Å². The van der Waals surface area contributed by atoms with Gasteiger partial charge in [0.25, 0.3) is 0 Å². The first-order chi connectivity index (χ1) is 7.26. The third kappa shape index (κ3) is 4.69. The molecule has 0 radical (unpaired) electrons. The van der Waals surface area contributed by atoms with Crippen molar-refractivity contribution < 1.29 is 9.47 Å². The lowest BCUT2D eigenvalue weighted by molar-refractivity contribution is -0.102. The van der Waals surface area contributed by atoms with Gasteiger partial charge >= 0.3 is 0 Å². The fourth-order valence-electron chi connectivity index (χ4n) is 1.31. The van der Waals surface area contributed by atoms with Crippen LogP contribution in [0.1, 0.15) is 12.0 Å². The highest BCUT2D eigenvalue weighted by Gasteiger charge is 2.04. The highest BCUT2D eigenvalue weighted by molar-refractivity contribution is 7.99. The number of benzene rings is 1. The third-order valence-electron chi connectivity index (χ3n) is 2.14. The quantitative estimate of drug-likeness (QED) is 0.548. The van der Waals surface area contributed by atoms with Crippen molar-refractivity contribution in [2.24, 2.45) is 0 Å². The lowest BCUT2D eigenvalue weighted by Crippen LogP contribution is -2.13. The number of hydrogen-bond donors (Lipinski definition) is 0. The monoisotopic (exact) mass is 226 g/mol. The second-order valence-electron chi connectivity index (χ2n) is 3.35. The van der Waals surface area contributed by atoms with E-state index in [1.807, 2.05) is 11.8 Å². The summed E-state index contributed by atoms with van der Waals surface area (Å²) < 4.78 is 10.3. The fourth-order valence-corrected chi connectivity index (χ4v) is 2.30. The van der Waals surface area contributed by atoms with Crippen molar-refractivity contribution in [3.63, 3.8) is 0 Å². The minimum Gasteiger partial charge on any atom is -0.356 e. The van der Waals surface area contributed by atoms with Gasteiger partial charge in [-0.1, -0.05) is 17.7 Å². The van der Waals surface area contributed by atoms with Crippen LogP contribution in [0.4, 0.5) is 0 Å². The molecule has 0 amide bonds. The lowest BCUT2D eigenvalue weighted by atomic mass is 10.2. The van der Waals surface area contributed by atoms with Gasteiger partial charge in [0.05, 0.1) is 0 Å². The van der Waals surface area contributed by atoms with Crippen molar-refractivity contribution in [3.05, 3.63) is 29.8 Å². The van der Waals surface area contributed by atoms with Gasteiger partial charge in [-0.15, -0.1) is 11.8 Å². The molecule has 0 bridgehead atoms. The Morgan fingerprint density at radius 3 is 2.60 bits per heavy atom. The van der Waals surface area contributed by atoms with Gasteiger partial charge in [0.2, 0.25) is 0 Å². The Bertz CT molecular complexity index is 285. The van der Waals surface area contributed by atoms with Crippen molar-refractivity contribution in [1.29, 1.82) is 0 Å². The maximum atomic E-state index is 5.13. The summed E-state index contributed by atoms with van der Waals surface area (Å²) in [4.78, 5) is 1.31. The molecule has 0 saturated carbocycles. The maximum Gasteiger partial charge on any atom is 0.157 e. The molecule has 0 aromatic heterocycles. The molecule has 0 aliphatic rings. The summed E-state index contributed by atoms with van der Waals surface area (Å²) >= 11 is 1.83. The zero-order chi connectivity index (χ0) is 11.1. The molecular formula is C12H18O2S. The van der Waals surface area contributed by atoms with Gasteiger partial charge in [0, 0.05) is 31.3 Å². The van der Waals surface area contributed by atoms with Crippen LogP contribution in [0.3, 0.4) is 0 Å². The van der Waals surface area contributed by atoms with Gasteiger partial charge in [0.1, 0.15) is 0 Å². The molecule has 0 aliphatic carbocycles. The van der Waals surface area contributed by atoms with Crippen LogP contribution in [0.2, 0.25) is 0 Å². The van der Waals surface area contributed by atoms with E-state index in [2.05, 4.69) is 31.2 Å². The zero-order valence-electron chi connectivity index (χ0n) is 9.53. The number of rotatable bonds is 6. The van der Waals surface area contributed by atoms with Gasteiger partial charge in [0.15, 0.2) is 6.29 Å². The molecule has 0 unspecified atom stereocenters. The van der Waals surface area contributed by atoms with Crippen molar-refractivity contribution in [2.75, 3.05) is 20.0 Å². The Hall–Kier alpha value is -0.510. The maximum absolute atomic E-state index is 5.13. The topological polar surface area (TPSA) is 18.5 Å². The second-order valence-corrected chi connectivity index (χ2v) is 4.52. The zero-order valence-corrected chi connectivity index (χ0v) is 10.3. The smallest absolute Gasteiger partial charge is 0.157 e. The van der Waals surface area contributed by atoms with Crippen LogP contribution < -0.4 is 0 Å². The van der Waals surface area contributed by atoms with E-state index < -0.39 is 0 Å². The van der Waals surface area contributed by atoms with E-state index in [1.54, 1.807) is 14.2 Å². The van der Waals surface area contributed by atoms with E-state index in [0.717, 1.165) is 12.2 Å². The third-order valence-corrected chi connectivity index (χ3v) is 3.16. The molecule has 84 valence electrons. The molecule has 0 N–H and O–H groups in total. The van der Waals surface area contributed by atoms with Crippen molar-refractivity contribution in [2.45, 2.75) is 24.5 Å². The summed E-state index contributed by atoms with van der Waals surface area (Å²) in [6.45, 7) is 2.11. The minimum atomic E-state index is -0.0812. The summed E-state index contributed by atoms with van der Waals surface area (Å²) in [7, 11) is 3.34. The van der Waals surface area contributed by atoms with Gasteiger partial charge in [-0.05, 0) is 19.1 Å². The number of ether oxygens (including phenoxy) is 2. The Kier molecular flexibility index (Phi) is 5.76. The number of methoxy groups -OCH3 is 2. The summed E-state index contributed by atoms with van der Waals surface area (Å²) in [5.41, 5.74) is 1.30. The lowest BCUT2D eigenvalue weighted by Gasteiger charge is -2.12. The molecule has 0 aliphatic heterocycles. The van der Waals surface area contributed by atoms with Crippen LogP contribution in [0.25, 0.3) is 0 Å². The first-order valence-corrected chi connectivity index (χ1v) is 6.00. The summed E-state index contributed by atoms with van der Waals surface area (Å²) in [5, 5.41) is 0. The van der Waals surface area contributed by atoms with Gasteiger partial charge in [-0.2, -0.15) is 0 Å². The van der Waals surface area contributed by atoms with Crippen molar-refractivity contribution in [1.82, 2.24) is 0 Å². The molecular weight excluding hydrogens is 208 g/mol. The molecule has 0 saturated heterocycles. The van der Waals surface area contributed by atoms with Gasteiger partial charge in [-0.3, -0.25) is 0 Å². The Morgan fingerprint density at radius 1 is 1.27 bits per heavy atom. The Balaban J connectivity index is 2.31. The van der Waals surface area contributed by atoms with Crippen LogP contribution in [0.5, 0.6) is 0 Å². The predicted octanol–water partition coefficient (Wildman–Crippen LogP) is 3.10. The van der Waals surface area contributed by atoms with Crippen LogP contribution >= 0.6 is 11.8 Å². The molecule has 3 heteroatoms. The minimum absolute atomic E-state index is 0.0812. The predicted molar refractivity (Wildman–Crippen MR) is 64.3 cm³/mol. The highest BCUT2D eigenvalue weighted by atomic mass is 32.2. The van der Waals surface area contributed by atoms with E-state index >= 15 is 0 Å². The number of hydrogen-bond acceptors (Lipinski definition) is 3. The standard InChI is InChI=1S/C12H18O2S/c1-10-5-4-6-11(9-10)15-8-7-12(13-2)14-3/h4-6,9,12H,7-8H2,1-3H3. The molecule has 2 nitrogen and oxygen atoms in total. The summed E-state index contributed by atoms with van der Waals surface area (Å²) in [5.74, 6) is 1.01. The van der Waals surface area contributed by atoms with Gasteiger partial charge < -0.3 is 9.47 Å². The van der Waals surface area contributed by atoms with E-state index in [-0.39, 0.29) is 6.29 Å². The van der Waals surface area contributed by atoms with Crippen LogP contribution in [0.15, 0.2) is 29.2 Å². The first-order valence-electron chi connectivity index (χ1n) is 5.01. The molecule has 0 atom stereocenters. The second kappa shape index (κ2) is 6.88. The Labute approximate surface area is 96.0 Å².